The van der Waals surface area contributed by atoms with Crippen LogP contribution in [0.1, 0.15) is 31.2 Å². The lowest BCUT2D eigenvalue weighted by Crippen LogP contribution is -2.50. The van der Waals surface area contributed by atoms with E-state index in [1.807, 2.05) is 24.3 Å². The minimum Gasteiger partial charge on any atom is -0.497 e. The highest BCUT2D eigenvalue weighted by atomic mass is 16.5. The zero-order valence-corrected chi connectivity index (χ0v) is 17.3. The summed E-state index contributed by atoms with van der Waals surface area (Å²) in [5, 5.41) is 6.74. The zero-order chi connectivity index (χ0) is 19.9. The normalized spacial score (nSPS) is 18.6. The molecule has 1 aliphatic carbocycles. The fourth-order valence-electron chi connectivity index (χ4n) is 3.41. The van der Waals surface area contributed by atoms with Gasteiger partial charge in [0.15, 0.2) is 5.96 Å². The summed E-state index contributed by atoms with van der Waals surface area (Å²) in [5.41, 5.74) is 1.10. The summed E-state index contributed by atoms with van der Waals surface area (Å²) in [4.78, 5) is 20.9. The summed E-state index contributed by atoms with van der Waals surface area (Å²) in [6.07, 6.45) is 4.95. The van der Waals surface area contributed by atoms with Gasteiger partial charge in [-0.15, -0.1) is 0 Å². The molecule has 0 spiro atoms. The average molecular weight is 388 g/mol. The monoisotopic (exact) mass is 387 g/mol. The number of likely N-dealkylation sites (N-methyl/N-ethyl adjacent to an activating group) is 1. The number of aliphatic imine (C=N–C) groups is 1. The molecule has 2 N–H and O–H groups in total. The summed E-state index contributed by atoms with van der Waals surface area (Å²) in [6.45, 7) is 3.08. The summed E-state index contributed by atoms with van der Waals surface area (Å²) in [6, 6.07) is 9.13. The number of hydrogen-bond acceptors (Lipinski definition) is 4. The topological polar surface area (TPSA) is 69.2 Å². The summed E-state index contributed by atoms with van der Waals surface area (Å²) < 4.78 is 5.21. The first kappa shape index (κ1) is 20.5. The molecule has 1 aliphatic heterocycles. The smallest absolute Gasteiger partial charge is 0.241 e. The van der Waals surface area contributed by atoms with Gasteiger partial charge in [-0.3, -0.25) is 4.79 Å². The third-order valence-corrected chi connectivity index (χ3v) is 5.42. The predicted octanol–water partition coefficient (Wildman–Crippen LogP) is 1.45. The van der Waals surface area contributed by atoms with E-state index in [0.29, 0.717) is 18.5 Å². The molecule has 0 aromatic heterocycles. The number of amides is 1. The molecule has 154 valence electrons. The molecule has 1 saturated heterocycles. The van der Waals surface area contributed by atoms with Crippen LogP contribution in [-0.4, -0.2) is 74.6 Å². The second kappa shape index (κ2) is 9.78. The first-order valence-electron chi connectivity index (χ1n) is 10.2. The van der Waals surface area contributed by atoms with E-state index >= 15 is 0 Å². The number of carbonyl (C=O) groups excluding carboxylic acids is 1. The molecule has 2 aliphatic rings. The van der Waals surface area contributed by atoms with E-state index in [9.17, 15) is 4.79 Å². The summed E-state index contributed by atoms with van der Waals surface area (Å²) >= 11 is 0. The van der Waals surface area contributed by atoms with Gasteiger partial charge in [-0.25, -0.2) is 4.99 Å². The van der Waals surface area contributed by atoms with E-state index in [1.165, 1.54) is 12.8 Å². The zero-order valence-electron chi connectivity index (χ0n) is 17.3. The number of piperidine rings is 1. The van der Waals surface area contributed by atoms with Crippen molar-refractivity contribution in [3.8, 4) is 5.75 Å². The molecule has 7 heteroatoms. The highest BCUT2D eigenvalue weighted by Crippen LogP contribution is 2.29. The first-order valence-corrected chi connectivity index (χ1v) is 10.2. The number of benzene rings is 1. The molecule has 1 amide bonds. The Morgan fingerprint density at radius 1 is 1.18 bits per heavy atom. The number of ether oxygens (including phenoxy) is 1. The van der Waals surface area contributed by atoms with E-state index < -0.39 is 0 Å². The molecule has 0 radical (unpaired) electrons. The number of nitrogens with zero attached hydrogens (tertiary/aromatic N) is 3. The Kier molecular flexibility index (Phi) is 7.14. The molecule has 1 aromatic carbocycles. The maximum atomic E-state index is 12.0. The van der Waals surface area contributed by atoms with Crippen LogP contribution in [0.4, 0.5) is 0 Å². The second-order valence-corrected chi connectivity index (χ2v) is 7.84. The fraction of sp³-hybridized carbons (Fsp3) is 0.619. The quantitative estimate of drug-likeness (QED) is 0.547. The van der Waals surface area contributed by atoms with Crippen molar-refractivity contribution in [1.29, 1.82) is 0 Å². The highest BCUT2D eigenvalue weighted by molar-refractivity contribution is 5.86. The van der Waals surface area contributed by atoms with Gasteiger partial charge < -0.3 is 25.2 Å². The van der Waals surface area contributed by atoms with E-state index in [0.717, 1.165) is 43.3 Å². The van der Waals surface area contributed by atoms with Gasteiger partial charge >= 0.3 is 0 Å². The van der Waals surface area contributed by atoms with E-state index in [4.69, 9.17) is 9.73 Å². The van der Waals surface area contributed by atoms with E-state index in [1.54, 1.807) is 26.1 Å². The van der Waals surface area contributed by atoms with Crippen LogP contribution in [-0.2, 0) is 11.3 Å². The minimum atomic E-state index is 0.0301. The lowest BCUT2D eigenvalue weighted by atomic mass is 10.1. The predicted molar refractivity (Wildman–Crippen MR) is 112 cm³/mol. The maximum absolute atomic E-state index is 12.0. The van der Waals surface area contributed by atoms with Gasteiger partial charge in [-0.2, -0.15) is 0 Å². The molecule has 0 bridgehead atoms. The van der Waals surface area contributed by atoms with Crippen LogP contribution in [0.3, 0.4) is 0 Å². The van der Waals surface area contributed by atoms with Crippen LogP contribution in [0, 0.1) is 0 Å². The van der Waals surface area contributed by atoms with Gasteiger partial charge in [0.05, 0.1) is 20.2 Å². The van der Waals surface area contributed by atoms with Crippen molar-refractivity contribution in [3.63, 3.8) is 0 Å². The number of methoxy groups -OCH3 is 1. The van der Waals surface area contributed by atoms with Gasteiger partial charge in [-0.05, 0) is 43.4 Å². The largest absolute Gasteiger partial charge is 0.497 e. The molecular weight excluding hydrogens is 354 g/mol. The van der Waals surface area contributed by atoms with E-state index in [-0.39, 0.29) is 12.5 Å². The van der Waals surface area contributed by atoms with Crippen molar-refractivity contribution in [1.82, 2.24) is 20.4 Å². The van der Waals surface area contributed by atoms with Crippen LogP contribution in [0.15, 0.2) is 29.3 Å². The summed E-state index contributed by atoms with van der Waals surface area (Å²) in [5.74, 6) is 1.57. The highest BCUT2D eigenvalue weighted by Gasteiger charge is 2.31. The van der Waals surface area contributed by atoms with Crippen molar-refractivity contribution in [2.45, 2.75) is 44.3 Å². The standard InChI is InChI=1S/C21H33N5O2/c1-25(2)20(27)15-23-21(22-14-16-4-8-19(28-3)9-5-16)24-17-10-12-26(13-11-17)18-6-7-18/h4-5,8-9,17-18H,6-7,10-15H2,1-3H3,(H2,22,23,24). The molecular formula is C21H33N5O2. The number of likely N-dealkylation sites (tertiary alicyclic amines) is 1. The Bertz CT molecular complexity index is 662. The number of rotatable bonds is 7. The van der Waals surface area contributed by atoms with Gasteiger partial charge in [0.25, 0.3) is 0 Å². The van der Waals surface area contributed by atoms with Gasteiger partial charge in [-0.1, -0.05) is 12.1 Å². The number of guanidine groups is 1. The molecule has 1 saturated carbocycles. The van der Waals surface area contributed by atoms with Crippen molar-refractivity contribution in [3.05, 3.63) is 29.8 Å². The van der Waals surface area contributed by atoms with Crippen molar-refractivity contribution in [2.75, 3.05) is 40.8 Å². The maximum Gasteiger partial charge on any atom is 0.241 e. The number of carbonyl (C=O) groups is 1. The molecule has 7 nitrogen and oxygen atoms in total. The Morgan fingerprint density at radius 2 is 1.86 bits per heavy atom. The average Bonchev–Trinajstić information content (AvgIpc) is 3.56. The summed E-state index contributed by atoms with van der Waals surface area (Å²) in [7, 11) is 5.19. The molecule has 2 fully saturated rings. The molecule has 1 heterocycles. The fourth-order valence-corrected chi connectivity index (χ4v) is 3.41. The Labute approximate surface area is 168 Å². The van der Waals surface area contributed by atoms with Crippen molar-refractivity contribution in [2.24, 2.45) is 4.99 Å². The lowest BCUT2D eigenvalue weighted by molar-refractivity contribution is -0.127. The molecule has 3 rings (SSSR count). The SMILES string of the molecule is COc1ccc(CN=C(NCC(=O)N(C)C)NC2CCN(C3CC3)CC2)cc1. The van der Waals surface area contributed by atoms with E-state index in [2.05, 4.69) is 15.5 Å². The van der Waals surface area contributed by atoms with Crippen LogP contribution in [0.2, 0.25) is 0 Å². The number of nitrogens with one attached hydrogen (secondary N) is 2. The third-order valence-electron chi connectivity index (χ3n) is 5.42. The van der Waals surface area contributed by atoms with Gasteiger partial charge in [0, 0.05) is 39.3 Å². The molecule has 28 heavy (non-hydrogen) atoms. The molecule has 0 unspecified atom stereocenters. The minimum absolute atomic E-state index is 0.0301. The third kappa shape index (κ3) is 6.12. The lowest BCUT2D eigenvalue weighted by Gasteiger charge is -2.33. The van der Waals surface area contributed by atoms with Crippen molar-refractivity contribution >= 4 is 11.9 Å². The Balaban J connectivity index is 1.57. The Morgan fingerprint density at radius 3 is 2.43 bits per heavy atom. The van der Waals surface area contributed by atoms with Gasteiger partial charge in [0.2, 0.25) is 5.91 Å². The molecule has 0 atom stereocenters. The number of hydrogen-bond donors (Lipinski definition) is 2. The van der Waals surface area contributed by atoms with Crippen molar-refractivity contribution < 1.29 is 9.53 Å². The van der Waals surface area contributed by atoms with Crippen LogP contribution < -0.4 is 15.4 Å². The van der Waals surface area contributed by atoms with Crippen LogP contribution in [0.25, 0.3) is 0 Å². The second-order valence-electron chi connectivity index (χ2n) is 7.84. The first-order chi connectivity index (χ1) is 13.5. The van der Waals surface area contributed by atoms with Gasteiger partial charge in [0.1, 0.15) is 5.75 Å². The van der Waals surface area contributed by atoms with Crippen LogP contribution in [0.5, 0.6) is 5.75 Å². The Hall–Kier alpha value is -2.28. The molecule has 1 aromatic rings. The van der Waals surface area contributed by atoms with Crippen LogP contribution >= 0.6 is 0 Å².